The maximum atomic E-state index is 13.8. The number of amides is 2. The van der Waals surface area contributed by atoms with E-state index in [1.807, 2.05) is 50.2 Å². The Hall–Kier alpha value is -3.62. The van der Waals surface area contributed by atoms with E-state index in [-0.39, 0.29) is 22.8 Å². The molecule has 1 saturated heterocycles. The smallest absolute Gasteiger partial charge is 0.251 e. The first-order valence-corrected chi connectivity index (χ1v) is 15.4. The van der Waals surface area contributed by atoms with Gasteiger partial charge in [0.15, 0.2) is 5.78 Å². The fourth-order valence-electron chi connectivity index (χ4n) is 5.38. The molecule has 0 radical (unpaired) electrons. The van der Waals surface area contributed by atoms with E-state index in [1.165, 1.54) is 19.3 Å². The molecule has 2 N–H and O–H groups in total. The minimum atomic E-state index is -0.221. The van der Waals surface area contributed by atoms with Gasteiger partial charge in [-0.05, 0) is 87.3 Å². The van der Waals surface area contributed by atoms with Gasteiger partial charge in [0.25, 0.3) is 5.91 Å². The Morgan fingerprint density at radius 2 is 1.51 bits per heavy atom. The van der Waals surface area contributed by atoms with E-state index in [0.29, 0.717) is 42.0 Å². The summed E-state index contributed by atoms with van der Waals surface area (Å²) >= 11 is 1.57. The third kappa shape index (κ3) is 6.49. The number of likely N-dealkylation sites (tertiary alicyclic amines) is 1. The van der Waals surface area contributed by atoms with Crippen molar-refractivity contribution in [3.8, 4) is 5.75 Å². The third-order valence-corrected chi connectivity index (χ3v) is 8.99. The van der Waals surface area contributed by atoms with Crippen LogP contribution in [0.2, 0.25) is 0 Å². The zero-order valence-electron chi connectivity index (χ0n) is 23.7. The quantitative estimate of drug-likeness (QED) is 0.369. The van der Waals surface area contributed by atoms with Gasteiger partial charge >= 0.3 is 0 Å². The number of Topliss-reactive ketones (excluding diaryl/α,β-unsaturated/α-hetero) is 1. The lowest BCUT2D eigenvalue weighted by Gasteiger charge is -2.37. The zero-order chi connectivity index (χ0) is 28.8. The topological polar surface area (TPSA) is 87.7 Å². The van der Waals surface area contributed by atoms with Crippen molar-refractivity contribution >= 4 is 34.3 Å². The van der Waals surface area contributed by atoms with Gasteiger partial charge in [-0.15, -0.1) is 11.8 Å². The highest BCUT2D eigenvalue weighted by atomic mass is 32.2. The minimum absolute atomic E-state index is 0.0900. The van der Waals surface area contributed by atoms with Gasteiger partial charge in [-0.25, -0.2) is 0 Å². The molecule has 3 aliphatic rings. The average Bonchev–Trinajstić information content (AvgIpc) is 2.98. The number of ketones is 1. The average molecular weight is 572 g/mol. The van der Waals surface area contributed by atoms with E-state index in [0.717, 1.165) is 41.4 Å². The van der Waals surface area contributed by atoms with E-state index >= 15 is 0 Å². The fourth-order valence-corrected chi connectivity index (χ4v) is 6.73. The van der Waals surface area contributed by atoms with Crippen LogP contribution in [0.1, 0.15) is 59.4 Å². The maximum absolute atomic E-state index is 13.8. The predicted octanol–water partition coefficient (Wildman–Crippen LogP) is 5.01. The van der Waals surface area contributed by atoms with Gasteiger partial charge in [-0.3, -0.25) is 19.3 Å². The summed E-state index contributed by atoms with van der Waals surface area (Å²) in [6.45, 7) is 8.67. The van der Waals surface area contributed by atoms with Gasteiger partial charge in [0.1, 0.15) is 12.4 Å². The second-order valence-corrected chi connectivity index (χ2v) is 11.5. The van der Waals surface area contributed by atoms with Gasteiger partial charge < -0.3 is 15.4 Å². The van der Waals surface area contributed by atoms with Crippen LogP contribution in [0, 0.1) is 0 Å². The second-order valence-electron chi connectivity index (χ2n) is 10.3. The third-order valence-electron chi connectivity index (χ3n) is 7.58. The molecule has 7 nitrogen and oxygen atoms in total. The normalized spacial score (nSPS) is 18.4. The number of thioether (sulfide) groups is 1. The number of rotatable bonds is 11. The van der Waals surface area contributed by atoms with Crippen LogP contribution in [0.5, 0.6) is 5.75 Å². The van der Waals surface area contributed by atoms with Gasteiger partial charge in [0, 0.05) is 46.8 Å². The standard InChI is InChI=1S/C33H37N3O4S/c1-3-34-32(38)24-10-8-23(9-11-24)30-28-26(16-17-27(31(28)41-30)33(39)35-4-2)29(37)22-12-14-25(15-13-22)40-21-20-36-18-6-5-7-19-36/h8-17,31H,3-7,18-21H2,1-2H3,(H,34,38)(H,35,39). The second kappa shape index (κ2) is 13.4. The van der Waals surface area contributed by atoms with Crippen molar-refractivity contribution < 1.29 is 19.1 Å². The summed E-state index contributed by atoms with van der Waals surface area (Å²) in [6.07, 6.45) is 7.36. The fraction of sp³-hybridized carbons (Fsp3) is 0.364. The molecule has 2 aromatic carbocycles. The monoisotopic (exact) mass is 571 g/mol. The first kappa shape index (κ1) is 28.9. The van der Waals surface area contributed by atoms with E-state index in [9.17, 15) is 14.4 Å². The number of piperidine rings is 1. The molecule has 2 amide bonds. The number of carbonyl (C=O) groups is 3. The summed E-state index contributed by atoms with van der Waals surface area (Å²) in [6, 6.07) is 14.7. The molecule has 1 fully saturated rings. The molecule has 41 heavy (non-hydrogen) atoms. The van der Waals surface area contributed by atoms with Crippen molar-refractivity contribution in [1.29, 1.82) is 0 Å². The van der Waals surface area contributed by atoms with Crippen molar-refractivity contribution in [2.45, 2.75) is 38.4 Å². The van der Waals surface area contributed by atoms with Crippen molar-refractivity contribution in [3.05, 3.63) is 94.1 Å². The number of fused-ring (bicyclic) bond motifs is 1. The summed E-state index contributed by atoms with van der Waals surface area (Å²) in [7, 11) is 0. The zero-order valence-corrected chi connectivity index (χ0v) is 24.5. The number of allylic oxidation sites excluding steroid dienone is 3. The molecule has 214 valence electrons. The molecular formula is C33H37N3O4S. The van der Waals surface area contributed by atoms with Crippen molar-refractivity contribution in [2.24, 2.45) is 0 Å². The first-order chi connectivity index (χ1) is 20.0. The Labute approximate surface area is 246 Å². The number of likely N-dealkylation sites (N-methyl/N-ethyl adjacent to an activating group) is 1. The van der Waals surface area contributed by atoms with Crippen LogP contribution in [-0.2, 0) is 4.79 Å². The van der Waals surface area contributed by atoms with E-state index in [2.05, 4.69) is 15.5 Å². The molecule has 0 spiro atoms. The van der Waals surface area contributed by atoms with Gasteiger partial charge in [-0.1, -0.05) is 30.7 Å². The Kier molecular flexibility index (Phi) is 9.42. The largest absolute Gasteiger partial charge is 0.492 e. The van der Waals surface area contributed by atoms with Crippen LogP contribution in [0.25, 0.3) is 4.91 Å². The number of ether oxygens (including phenoxy) is 1. The first-order valence-electron chi connectivity index (χ1n) is 14.5. The van der Waals surface area contributed by atoms with Crippen molar-refractivity contribution in [3.63, 3.8) is 0 Å². The molecule has 1 unspecified atom stereocenters. The molecule has 1 atom stereocenters. The van der Waals surface area contributed by atoms with Crippen molar-refractivity contribution in [1.82, 2.24) is 15.5 Å². The Morgan fingerprint density at radius 3 is 2.20 bits per heavy atom. The van der Waals surface area contributed by atoms with Crippen LogP contribution in [-0.4, -0.2) is 67.1 Å². The molecule has 0 saturated carbocycles. The summed E-state index contributed by atoms with van der Waals surface area (Å²) in [5, 5.41) is 5.48. The maximum Gasteiger partial charge on any atom is 0.251 e. The van der Waals surface area contributed by atoms with Gasteiger partial charge in [0.05, 0.1) is 5.25 Å². The van der Waals surface area contributed by atoms with E-state index < -0.39 is 0 Å². The van der Waals surface area contributed by atoms with Crippen LogP contribution in [0.15, 0.2) is 77.4 Å². The Bertz CT molecular complexity index is 1390. The lowest BCUT2D eigenvalue weighted by atomic mass is 9.85. The summed E-state index contributed by atoms with van der Waals surface area (Å²) < 4.78 is 5.96. The lowest BCUT2D eigenvalue weighted by Crippen LogP contribution is -2.35. The molecule has 2 aromatic rings. The molecule has 0 aromatic heterocycles. The molecular weight excluding hydrogens is 534 g/mol. The van der Waals surface area contributed by atoms with E-state index in [1.54, 1.807) is 36.0 Å². The number of benzene rings is 2. The molecule has 0 bridgehead atoms. The van der Waals surface area contributed by atoms with Crippen LogP contribution in [0.4, 0.5) is 0 Å². The summed E-state index contributed by atoms with van der Waals surface area (Å²) in [5.41, 5.74) is 4.16. The number of nitrogens with one attached hydrogen (secondary N) is 2. The SMILES string of the molecule is CCNC(=O)C1=CC=C(C(=O)c2ccc(OCCN3CCCCC3)cc2)C2=C(c3ccc(C(=O)NCC)cc3)SC12. The summed E-state index contributed by atoms with van der Waals surface area (Å²) in [4.78, 5) is 42.2. The predicted molar refractivity (Wildman–Crippen MR) is 164 cm³/mol. The highest BCUT2D eigenvalue weighted by molar-refractivity contribution is 8.11. The number of carbonyl (C=O) groups excluding carboxylic acids is 3. The van der Waals surface area contributed by atoms with Gasteiger partial charge in [-0.2, -0.15) is 0 Å². The molecule has 2 heterocycles. The van der Waals surface area contributed by atoms with Gasteiger partial charge in [0.2, 0.25) is 5.91 Å². The van der Waals surface area contributed by atoms with Crippen LogP contribution in [0.3, 0.4) is 0 Å². The molecule has 5 rings (SSSR count). The van der Waals surface area contributed by atoms with Crippen LogP contribution < -0.4 is 15.4 Å². The van der Waals surface area contributed by atoms with Crippen molar-refractivity contribution in [2.75, 3.05) is 39.3 Å². The highest BCUT2D eigenvalue weighted by Gasteiger charge is 2.42. The molecule has 2 aliphatic heterocycles. The Balaban J connectivity index is 1.36. The number of hydrogen-bond acceptors (Lipinski definition) is 6. The lowest BCUT2D eigenvalue weighted by molar-refractivity contribution is -0.117. The minimum Gasteiger partial charge on any atom is -0.492 e. The highest BCUT2D eigenvalue weighted by Crippen LogP contribution is 2.55. The molecule has 8 heteroatoms. The molecule has 1 aliphatic carbocycles. The summed E-state index contributed by atoms with van der Waals surface area (Å²) in [5.74, 6) is 0.415. The van der Waals surface area contributed by atoms with Crippen LogP contribution >= 0.6 is 11.8 Å². The number of nitrogens with zero attached hydrogens (tertiary/aromatic N) is 1. The Morgan fingerprint density at radius 1 is 0.854 bits per heavy atom. The van der Waals surface area contributed by atoms with E-state index in [4.69, 9.17) is 4.74 Å². The number of hydrogen-bond donors (Lipinski definition) is 2.